The number of hydrogen-bond acceptors (Lipinski definition) is 6. The molecule has 4 rings (SSSR count). The second kappa shape index (κ2) is 9.08. The number of nitrogens with zero attached hydrogens (tertiary/aromatic N) is 4. The SMILES string of the molecule is Cc1ccccc1Cc1nc(CN2CCNCC2c2cccnc2)no1.Cl. The fourth-order valence-corrected chi connectivity index (χ4v) is 3.42. The third-order valence-corrected chi connectivity index (χ3v) is 4.88. The molecular weight excluding hydrogens is 362 g/mol. The number of aromatic nitrogens is 3. The van der Waals surface area contributed by atoms with Gasteiger partial charge in [0.25, 0.3) is 0 Å². The molecule has 1 saturated heterocycles. The monoisotopic (exact) mass is 385 g/mol. The average Bonchev–Trinajstić information content (AvgIpc) is 3.12. The lowest BCUT2D eigenvalue weighted by Gasteiger charge is -2.35. The van der Waals surface area contributed by atoms with Gasteiger partial charge in [0, 0.05) is 38.1 Å². The highest BCUT2D eigenvalue weighted by Crippen LogP contribution is 2.23. The highest BCUT2D eigenvalue weighted by molar-refractivity contribution is 5.85. The van der Waals surface area contributed by atoms with Crippen molar-refractivity contribution in [3.63, 3.8) is 0 Å². The summed E-state index contributed by atoms with van der Waals surface area (Å²) in [6.07, 6.45) is 4.42. The molecule has 1 aromatic carbocycles. The van der Waals surface area contributed by atoms with Crippen molar-refractivity contribution in [2.45, 2.75) is 25.9 Å². The van der Waals surface area contributed by atoms with Gasteiger partial charge < -0.3 is 9.84 Å². The summed E-state index contributed by atoms with van der Waals surface area (Å²) in [6, 6.07) is 12.7. The Bertz CT molecular complexity index is 854. The third-order valence-electron chi connectivity index (χ3n) is 4.88. The zero-order chi connectivity index (χ0) is 17.8. The molecule has 3 heterocycles. The Hall–Kier alpha value is -2.28. The Morgan fingerprint density at radius 1 is 1.22 bits per heavy atom. The molecule has 6 nitrogen and oxygen atoms in total. The van der Waals surface area contributed by atoms with Crippen molar-refractivity contribution < 1.29 is 4.52 Å². The predicted molar refractivity (Wildman–Crippen MR) is 106 cm³/mol. The molecule has 7 heteroatoms. The Labute approximate surface area is 165 Å². The molecule has 3 aromatic rings. The van der Waals surface area contributed by atoms with Crippen LogP contribution in [0, 0.1) is 6.92 Å². The number of halogens is 1. The first-order chi connectivity index (χ1) is 12.8. The van der Waals surface area contributed by atoms with Crippen molar-refractivity contribution in [1.29, 1.82) is 0 Å². The van der Waals surface area contributed by atoms with Gasteiger partial charge in [-0.1, -0.05) is 35.5 Å². The molecule has 1 aliphatic heterocycles. The molecule has 0 bridgehead atoms. The largest absolute Gasteiger partial charge is 0.339 e. The number of nitrogens with one attached hydrogen (secondary N) is 1. The maximum absolute atomic E-state index is 5.49. The van der Waals surface area contributed by atoms with Crippen molar-refractivity contribution in [3.8, 4) is 0 Å². The molecule has 0 spiro atoms. The first-order valence-corrected chi connectivity index (χ1v) is 9.00. The van der Waals surface area contributed by atoms with E-state index in [4.69, 9.17) is 4.52 Å². The number of rotatable bonds is 5. The van der Waals surface area contributed by atoms with Crippen LogP contribution in [0.25, 0.3) is 0 Å². The van der Waals surface area contributed by atoms with Crippen LogP contribution in [-0.2, 0) is 13.0 Å². The molecule has 0 radical (unpaired) electrons. The maximum Gasteiger partial charge on any atom is 0.231 e. The Balaban J connectivity index is 0.00000210. The lowest BCUT2D eigenvalue weighted by Crippen LogP contribution is -2.45. The minimum atomic E-state index is 0. The van der Waals surface area contributed by atoms with Crippen LogP contribution in [0.4, 0.5) is 0 Å². The van der Waals surface area contributed by atoms with E-state index >= 15 is 0 Å². The zero-order valence-corrected chi connectivity index (χ0v) is 16.2. The molecule has 1 fully saturated rings. The van der Waals surface area contributed by atoms with Gasteiger partial charge in [-0.05, 0) is 29.7 Å². The lowest BCUT2D eigenvalue weighted by molar-refractivity contribution is 0.148. The summed E-state index contributed by atoms with van der Waals surface area (Å²) < 4.78 is 5.49. The standard InChI is InChI=1S/C20H23N5O.ClH/c1-15-5-2-3-6-16(15)11-20-23-19(24-26-20)14-25-10-9-22-13-18(25)17-7-4-8-21-12-17;/h2-8,12,18,22H,9-11,13-14H2,1H3;1H. The molecule has 1 unspecified atom stereocenters. The van der Waals surface area contributed by atoms with E-state index in [2.05, 4.69) is 50.5 Å². The van der Waals surface area contributed by atoms with E-state index in [1.807, 2.05) is 24.4 Å². The van der Waals surface area contributed by atoms with Crippen LogP contribution in [0.3, 0.4) is 0 Å². The van der Waals surface area contributed by atoms with Gasteiger partial charge in [0.1, 0.15) is 0 Å². The molecule has 1 N–H and O–H groups in total. The molecular formula is C20H24ClN5O. The molecule has 0 amide bonds. The second-order valence-corrected chi connectivity index (χ2v) is 6.68. The minimum Gasteiger partial charge on any atom is -0.339 e. The van der Waals surface area contributed by atoms with Gasteiger partial charge >= 0.3 is 0 Å². The maximum atomic E-state index is 5.49. The zero-order valence-electron chi connectivity index (χ0n) is 15.3. The first-order valence-electron chi connectivity index (χ1n) is 9.00. The van der Waals surface area contributed by atoms with Gasteiger partial charge in [-0.25, -0.2) is 0 Å². The summed E-state index contributed by atoms with van der Waals surface area (Å²) in [5, 5.41) is 7.66. The van der Waals surface area contributed by atoms with Crippen LogP contribution in [0.1, 0.15) is 34.4 Å². The molecule has 142 valence electrons. The molecule has 1 atom stereocenters. The Morgan fingerprint density at radius 2 is 2.11 bits per heavy atom. The van der Waals surface area contributed by atoms with E-state index in [-0.39, 0.29) is 18.4 Å². The normalized spacial score (nSPS) is 17.4. The van der Waals surface area contributed by atoms with Gasteiger partial charge in [-0.3, -0.25) is 9.88 Å². The van der Waals surface area contributed by atoms with Gasteiger partial charge in [0.15, 0.2) is 5.82 Å². The Morgan fingerprint density at radius 3 is 2.93 bits per heavy atom. The van der Waals surface area contributed by atoms with Crippen molar-refractivity contribution in [1.82, 2.24) is 25.3 Å². The van der Waals surface area contributed by atoms with Crippen LogP contribution >= 0.6 is 12.4 Å². The van der Waals surface area contributed by atoms with Gasteiger partial charge in [-0.2, -0.15) is 4.98 Å². The number of piperazine rings is 1. The molecule has 0 saturated carbocycles. The first kappa shape index (κ1) is 19.5. The predicted octanol–water partition coefficient (Wildman–Crippen LogP) is 2.93. The van der Waals surface area contributed by atoms with Crippen molar-refractivity contribution in [3.05, 3.63) is 77.2 Å². The summed E-state index contributed by atoms with van der Waals surface area (Å²) in [5.74, 6) is 1.41. The summed E-state index contributed by atoms with van der Waals surface area (Å²) in [5.41, 5.74) is 3.67. The van der Waals surface area contributed by atoms with Crippen molar-refractivity contribution >= 4 is 12.4 Å². The smallest absolute Gasteiger partial charge is 0.231 e. The number of benzene rings is 1. The highest BCUT2D eigenvalue weighted by Gasteiger charge is 2.25. The molecule has 0 aliphatic carbocycles. The fourth-order valence-electron chi connectivity index (χ4n) is 3.42. The molecule has 2 aromatic heterocycles. The van der Waals surface area contributed by atoms with E-state index < -0.39 is 0 Å². The van der Waals surface area contributed by atoms with E-state index in [0.29, 0.717) is 18.9 Å². The quantitative estimate of drug-likeness (QED) is 0.728. The van der Waals surface area contributed by atoms with Crippen molar-refractivity contribution in [2.24, 2.45) is 0 Å². The highest BCUT2D eigenvalue weighted by atomic mass is 35.5. The third kappa shape index (κ3) is 4.71. The van der Waals surface area contributed by atoms with Gasteiger partial charge in [0.05, 0.1) is 13.0 Å². The summed E-state index contributed by atoms with van der Waals surface area (Å²) in [6.45, 7) is 5.59. The van der Waals surface area contributed by atoms with Crippen LogP contribution < -0.4 is 5.32 Å². The second-order valence-electron chi connectivity index (χ2n) is 6.68. The average molecular weight is 386 g/mol. The van der Waals surface area contributed by atoms with Crippen LogP contribution in [0.5, 0.6) is 0 Å². The molecule has 27 heavy (non-hydrogen) atoms. The minimum absolute atomic E-state index is 0. The van der Waals surface area contributed by atoms with Gasteiger partial charge in [0.2, 0.25) is 5.89 Å². The van der Waals surface area contributed by atoms with E-state index in [1.165, 1.54) is 16.7 Å². The topological polar surface area (TPSA) is 67.1 Å². The van der Waals surface area contributed by atoms with Crippen LogP contribution in [-0.4, -0.2) is 39.7 Å². The fraction of sp³-hybridized carbons (Fsp3) is 0.350. The summed E-state index contributed by atoms with van der Waals surface area (Å²) in [7, 11) is 0. The van der Waals surface area contributed by atoms with E-state index in [9.17, 15) is 0 Å². The lowest BCUT2D eigenvalue weighted by atomic mass is 10.1. The van der Waals surface area contributed by atoms with Crippen LogP contribution in [0.15, 0.2) is 53.3 Å². The van der Waals surface area contributed by atoms with Crippen molar-refractivity contribution in [2.75, 3.05) is 19.6 Å². The van der Waals surface area contributed by atoms with E-state index in [0.717, 1.165) is 25.5 Å². The molecule has 1 aliphatic rings. The number of pyridine rings is 1. The van der Waals surface area contributed by atoms with E-state index in [1.54, 1.807) is 6.20 Å². The summed E-state index contributed by atoms with van der Waals surface area (Å²) in [4.78, 5) is 11.3. The number of aryl methyl sites for hydroxylation is 1. The van der Waals surface area contributed by atoms with Crippen LogP contribution in [0.2, 0.25) is 0 Å². The van der Waals surface area contributed by atoms with Gasteiger partial charge in [-0.15, -0.1) is 12.4 Å². The Kier molecular flexibility index (Phi) is 6.55. The summed E-state index contributed by atoms with van der Waals surface area (Å²) >= 11 is 0. The number of hydrogen-bond donors (Lipinski definition) is 1.